The topological polar surface area (TPSA) is 79.7 Å². The van der Waals surface area contributed by atoms with Crippen LogP contribution in [0.2, 0.25) is 0 Å². The van der Waals surface area contributed by atoms with Crippen LogP contribution in [0.3, 0.4) is 0 Å². The minimum atomic E-state index is -0.141. The lowest BCUT2D eigenvalue weighted by molar-refractivity contribution is -0.124. The number of carbonyl (C=O) groups excluding carboxylic acids is 1. The summed E-state index contributed by atoms with van der Waals surface area (Å²) in [5.74, 6) is 0.0950. The number of anilines is 1. The van der Waals surface area contributed by atoms with E-state index in [1.807, 2.05) is 0 Å². The van der Waals surface area contributed by atoms with Crippen molar-refractivity contribution in [3.63, 3.8) is 0 Å². The van der Waals surface area contributed by atoms with Crippen molar-refractivity contribution in [1.29, 1.82) is 0 Å². The van der Waals surface area contributed by atoms with Gasteiger partial charge in [-0.05, 0) is 32.4 Å². The van der Waals surface area contributed by atoms with E-state index >= 15 is 0 Å². The number of aromatic nitrogens is 2. The lowest BCUT2D eigenvalue weighted by Crippen LogP contribution is -2.38. The molecular weight excluding hydrogens is 334 g/mol. The Bertz CT molecular complexity index is 656. The lowest BCUT2D eigenvalue weighted by atomic mass is 10.1. The predicted octanol–water partition coefficient (Wildman–Crippen LogP) is -0.0720. The van der Waals surface area contributed by atoms with Gasteiger partial charge in [0.05, 0.1) is 31.0 Å². The normalized spacial score (nSPS) is 20.7. The second-order valence-electron chi connectivity index (χ2n) is 7.04. The van der Waals surface area contributed by atoms with Crippen LogP contribution in [0.4, 0.5) is 5.69 Å². The molecule has 1 N–H and O–H groups in total. The molecule has 2 saturated heterocycles. The zero-order valence-electron chi connectivity index (χ0n) is 15.5. The highest BCUT2D eigenvalue weighted by molar-refractivity contribution is 5.80. The number of likely N-dealkylation sites (tertiary alicyclic amines) is 1. The van der Waals surface area contributed by atoms with Crippen LogP contribution in [0.1, 0.15) is 19.3 Å². The Kier molecular flexibility index (Phi) is 6.62. The number of rotatable bonds is 8. The summed E-state index contributed by atoms with van der Waals surface area (Å²) in [4.78, 5) is 29.0. The van der Waals surface area contributed by atoms with Crippen LogP contribution in [0.5, 0.6) is 0 Å². The van der Waals surface area contributed by atoms with E-state index in [1.165, 1.54) is 17.5 Å². The fraction of sp³-hybridized carbons (Fsp3) is 0.722. The van der Waals surface area contributed by atoms with Crippen LogP contribution in [-0.2, 0) is 16.1 Å². The first-order valence-corrected chi connectivity index (χ1v) is 9.48. The standard InChI is InChI=1S/C18H29N5O3/c1-26-11-10-23-17(24)12-16(13-20-23)22-8-4-15(14-22)18(25)19-5-9-21-6-2-3-7-21/h12-13,15H,2-11,14H2,1H3,(H,19,25). The molecule has 2 fully saturated rings. The van der Waals surface area contributed by atoms with Gasteiger partial charge in [0.2, 0.25) is 5.91 Å². The number of nitrogens with zero attached hydrogens (tertiary/aromatic N) is 4. The van der Waals surface area contributed by atoms with Gasteiger partial charge in [0, 0.05) is 39.4 Å². The van der Waals surface area contributed by atoms with Gasteiger partial charge >= 0.3 is 0 Å². The lowest BCUT2D eigenvalue weighted by Gasteiger charge is -2.19. The highest BCUT2D eigenvalue weighted by atomic mass is 16.5. The number of ether oxygens (including phenoxy) is 1. The molecular formula is C18H29N5O3. The summed E-state index contributed by atoms with van der Waals surface area (Å²) in [5, 5.41) is 7.26. The van der Waals surface area contributed by atoms with Crippen molar-refractivity contribution in [2.75, 3.05) is 57.9 Å². The Morgan fingerprint density at radius 2 is 2.12 bits per heavy atom. The molecule has 0 spiro atoms. The number of hydrogen-bond donors (Lipinski definition) is 1. The zero-order chi connectivity index (χ0) is 18.4. The van der Waals surface area contributed by atoms with Gasteiger partial charge in [-0.2, -0.15) is 5.10 Å². The van der Waals surface area contributed by atoms with Crippen LogP contribution in [0.25, 0.3) is 0 Å². The molecule has 2 aliphatic heterocycles. The van der Waals surface area contributed by atoms with E-state index < -0.39 is 0 Å². The fourth-order valence-electron chi connectivity index (χ4n) is 3.64. The quantitative estimate of drug-likeness (QED) is 0.696. The molecule has 8 nitrogen and oxygen atoms in total. The third-order valence-corrected chi connectivity index (χ3v) is 5.21. The minimum Gasteiger partial charge on any atom is -0.383 e. The summed E-state index contributed by atoms with van der Waals surface area (Å²) < 4.78 is 6.37. The second kappa shape index (κ2) is 9.14. The third-order valence-electron chi connectivity index (χ3n) is 5.21. The largest absolute Gasteiger partial charge is 0.383 e. The van der Waals surface area contributed by atoms with Crippen LogP contribution < -0.4 is 15.8 Å². The van der Waals surface area contributed by atoms with Gasteiger partial charge in [0.1, 0.15) is 0 Å². The summed E-state index contributed by atoms with van der Waals surface area (Å²) in [5.41, 5.74) is 0.647. The van der Waals surface area contributed by atoms with Gasteiger partial charge < -0.3 is 19.9 Å². The Morgan fingerprint density at radius 1 is 1.31 bits per heavy atom. The highest BCUT2D eigenvalue weighted by Crippen LogP contribution is 2.22. The van der Waals surface area contributed by atoms with E-state index in [2.05, 4.69) is 20.2 Å². The molecule has 1 atom stereocenters. The second-order valence-corrected chi connectivity index (χ2v) is 7.04. The van der Waals surface area contributed by atoms with Gasteiger partial charge in [-0.3, -0.25) is 9.59 Å². The average molecular weight is 363 g/mol. The molecule has 0 radical (unpaired) electrons. The molecule has 144 valence electrons. The van der Waals surface area contributed by atoms with Crippen LogP contribution in [0.15, 0.2) is 17.1 Å². The van der Waals surface area contributed by atoms with Gasteiger partial charge in [-0.25, -0.2) is 4.68 Å². The molecule has 26 heavy (non-hydrogen) atoms. The maximum atomic E-state index is 12.4. The Balaban J connectivity index is 1.47. The summed E-state index contributed by atoms with van der Waals surface area (Å²) in [7, 11) is 1.60. The van der Waals surface area contributed by atoms with Gasteiger partial charge in [-0.15, -0.1) is 0 Å². The molecule has 3 heterocycles. The molecule has 1 aromatic rings. The van der Waals surface area contributed by atoms with E-state index in [-0.39, 0.29) is 17.4 Å². The molecule has 0 bridgehead atoms. The number of nitrogens with one attached hydrogen (secondary N) is 1. The first kappa shape index (κ1) is 18.8. The summed E-state index contributed by atoms with van der Waals surface area (Å²) >= 11 is 0. The predicted molar refractivity (Wildman–Crippen MR) is 99.4 cm³/mol. The molecule has 1 unspecified atom stereocenters. The summed E-state index contributed by atoms with van der Waals surface area (Å²) in [6, 6.07) is 1.59. The van der Waals surface area contributed by atoms with E-state index in [4.69, 9.17) is 4.74 Å². The van der Waals surface area contributed by atoms with E-state index in [0.717, 1.165) is 38.3 Å². The number of methoxy groups -OCH3 is 1. The molecule has 0 aliphatic carbocycles. The van der Waals surface area contributed by atoms with Crippen LogP contribution >= 0.6 is 0 Å². The molecule has 0 aromatic carbocycles. The molecule has 8 heteroatoms. The van der Waals surface area contributed by atoms with Gasteiger partial charge in [0.25, 0.3) is 5.56 Å². The van der Waals surface area contributed by atoms with Crippen molar-refractivity contribution in [2.45, 2.75) is 25.8 Å². The number of hydrogen-bond acceptors (Lipinski definition) is 6. The number of amides is 1. The maximum absolute atomic E-state index is 12.4. The van der Waals surface area contributed by atoms with Crippen LogP contribution in [-0.4, -0.2) is 73.6 Å². The van der Waals surface area contributed by atoms with Crippen LogP contribution in [0, 0.1) is 5.92 Å². The highest BCUT2D eigenvalue weighted by Gasteiger charge is 2.28. The first-order valence-electron chi connectivity index (χ1n) is 9.48. The van der Waals surface area contributed by atoms with E-state index in [1.54, 1.807) is 19.4 Å². The summed E-state index contributed by atoms with van der Waals surface area (Å²) in [6.45, 7) is 6.25. The summed E-state index contributed by atoms with van der Waals surface area (Å²) in [6.07, 6.45) is 5.04. The Morgan fingerprint density at radius 3 is 2.85 bits per heavy atom. The average Bonchev–Trinajstić information content (AvgIpc) is 3.32. The number of carbonyl (C=O) groups is 1. The van der Waals surface area contributed by atoms with Crippen molar-refractivity contribution in [2.24, 2.45) is 5.92 Å². The van der Waals surface area contributed by atoms with E-state index in [9.17, 15) is 9.59 Å². The van der Waals surface area contributed by atoms with Crippen molar-refractivity contribution in [3.8, 4) is 0 Å². The minimum absolute atomic E-state index is 0.0236. The zero-order valence-corrected chi connectivity index (χ0v) is 15.5. The fourth-order valence-corrected chi connectivity index (χ4v) is 3.64. The van der Waals surface area contributed by atoms with Crippen molar-refractivity contribution >= 4 is 11.6 Å². The van der Waals surface area contributed by atoms with Crippen molar-refractivity contribution < 1.29 is 9.53 Å². The van der Waals surface area contributed by atoms with Crippen molar-refractivity contribution in [1.82, 2.24) is 20.0 Å². The van der Waals surface area contributed by atoms with Crippen molar-refractivity contribution in [3.05, 3.63) is 22.6 Å². The molecule has 1 amide bonds. The molecule has 3 rings (SSSR count). The van der Waals surface area contributed by atoms with Gasteiger partial charge in [-0.1, -0.05) is 0 Å². The molecule has 1 aromatic heterocycles. The Hall–Kier alpha value is -1.93. The SMILES string of the molecule is COCCn1ncc(N2CCC(C(=O)NCCN3CCCC3)C2)cc1=O. The smallest absolute Gasteiger partial charge is 0.268 e. The maximum Gasteiger partial charge on any atom is 0.268 e. The van der Waals surface area contributed by atoms with E-state index in [0.29, 0.717) is 26.2 Å². The first-order chi connectivity index (χ1) is 12.7. The third kappa shape index (κ3) is 4.82. The molecule has 2 aliphatic rings. The Labute approximate surface area is 154 Å². The van der Waals surface area contributed by atoms with Gasteiger partial charge in [0.15, 0.2) is 0 Å². The monoisotopic (exact) mass is 363 g/mol. The molecule has 0 saturated carbocycles.